The minimum atomic E-state index is -0.541. The van der Waals surface area contributed by atoms with E-state index < -0.39 is 6.10 Å². The molecule has 2 rings (SSSR count). The fourth-order valence-electron chi connectivity index (χ4n) is 2.09. The molecule has 20 heavy (non-hydrogen) atoms. The molecule has 1 aromatic rings. The van der Waals surface area contributed by atoms with Gasteiger partial charge in [0.25, 0.3) is 0 Å². The number of aliphatic hydroxyl groups excluding tert-OH is 1. The van der Waals surface area contributed by atoms with Crippen LogP contribution in [0.5, 0.6) is 11.5 Å². The highest BCUT2D eigenvalue weighted by Crippen LogP contribution is 2.35. The van der Waals surface area contributed by atoms with Crippen LogP contribution in [0.1, 0.15) is 6.92 Å². The molecule has 1 aliphatic heterocycles. The second kappa shape index (κ2) is 7.17. The molecule has 0 aliphatic carbocycles. The Hall–Kier alpha value is -1.72. The average Bonchev–Trinajstić information content (AvgIpc) is 2.92. The van der Waals surface area contributed by atoms with E-state index in [4.69, 9.17) is 14.2 Å². The Morgan fingerprint density at radius 1 is 1.45 bits per heavy atom. The lowest BCUT2D eigenvalue weighted by Crippen LogP contribution is -2.34. The molecule has 5 heteroatoms. The van der Waals surface area contributed by atoms with Crippen molar-refractivity contribution in [3.8, 4) is 11.5 Å². The van der Waals surface area contributed by atoms with Gasteiger partial charge >= 0.3 is 0 Å². The van der Waals surface area contributed by atoms with E-state index in [1.807, 2.05) is 25.1 Å². The molecule has 0 spiro atoms. The van der Waals surface area contributed by atoms with Gasteiger partial charge in [-0.15, -0.1) is 6.58 Å². The van der Waals surface area contributed by atoms with Crippen LogP contribution in [-0.4, -0.2) is 44.3 Å². The molecule has 1 aromatic carbocycles. The summed E-state index contributed by atoms with van der Waals surface area (Å²) in [6, 6.07) is 5.79. The van der Waals surface area contributed by atoms with Gasteiger partial charge in [-0.2, -0.15) is 0 Å². The maximum atomic E-state index is 9.98. The van der Waals surface area contributed by atoms with Gasteiger partial charge in [0.15, 0.2) is 11.5 Å². The van der Waals surface area contributed by atoms with Gasteiger partial charge in [0.1, 0.15) is 0 Å². The Kier molecular flexibility index (Phi) is 5.26. The molecule has 110 valence electrons. The largest absolute Gasteiger partial charge is 0.454 e. The quantitative estimate of drug-likeness (QED) is 0.581. The minimum Gasteiger partial charge on any atom is -0.454 e. The zero-order valence-corrected chi connectivity index (χ0v) is 11.7. The molecular weight excluding hydrogens is 258 g/mol. The molecule has 1 unspecified atom stereocenters. The lowest BCUT2D eigenvalue weighted by Gasteiger charge is -2.26. The third-order valence-electron chi connectivity index (χ3n) is 3.08. The van der Waals surface area contributed by atoms with E-state index in [1.165, 1.54) is 0 Å². The molecule has 1 aliphatic rings. The number of aliphatic hydroxyl groups is 1. The van der Waals surface area contributed by atoms with Gasteiger partial charge in [0.05, 0.1) is 19.3 Å². The van der Waals surface area contributed by atoms with Crippen molar-refractivity contribution in [1.82, 2.24) is 0 Å². The van der Waals surface area contributed by atoms with Crippen LogP contribution >= 0.6 is 0 Å². The van der Waals surface area contributed by atoms with Crippen LogP contribution < -0.4 is 14.4 Å². The fourth-order valence-corrected chi connectivity index (χ4v) is 2.09. The fraction of sp³-hybridized carbons (Fsp3) is 0.467. The molecule has 0 fully saturated rings. The van der Waals surface area contributed by atoms with Gasteiger partial charge < -0.3 is 24.2 Å². The molecule has 0 aromatic heterocycles. The molecule has 1 N–H and O–H groups in total. The Morgan fingerprint density at radius 2 is 2.25 bits per heavy atom. The van der Waals surface area contributed by atoms with Crippen molar-refractivity contribution in [2.24, 2.45) is 0 Å². The summed E-state index contributed by atoms with van der Waals surface area (Å²) in [5, 5.41) is 9.98. The highest BCUT2D eigenvalue weighted by atomic mass is 16.7. The molecule has 1 heterocycles. The third-order valence-corrected chi connectivity index (χ3v) is 3.08. The van der Waals surface area contributed by atoms with Crippen molar-refractivity contribution < 1.29 is 19.3 Å². The Morgan fingerprint density at radius 3 is 3.00 bits per heavy atom. The highest BCUT2D eigenvalue weighted by Gasteiger charge is 2.17. The number of hydrogen-bond donors (Lipinski definition) is 1. The van der Waals surface area contributed by atoms with Crippen molar-refractivity contribution in [3.05, 3.63) is 30.9 Å². The zero-order valence-electron chi connectivity index (χ0n) is 11.7. The van der Waals surface area contributed by atoms with E-state index in [2.05, 4.69) is 11.5 Å². The first-order valence-electron chi connectivity index (χ1n) is 6.76. The second-order valence-corrected chi connectivity index (χ2v) is 4.56. The van der Waals surface area contributed by atoms with Crippen LogP contribution in [0.25, 0.3) is 0 Å². The van der Waals surface area contributed by atoms with E-state index in [0.717, 1.165) is 23.7 Å². The van der Waals surface area contributed by atoms with Crippen LogP contribution in [0, 0.1) is 0 Å². The first-order chi connectivity index (χ1) is 9.74. The lowest BCUT2D eigenvalue weighted by atomic mass is 10.2. The number of fused-ring (bicyclic) bond motifs is 1. The number of likely N-dealkylation sites (N-methyl/N-ethyl adjacent to an activating group) is 1. The van der Waals surface area contributed by atoms with Crippen LogP contribution in [0.4, 0.5) is 5.69 Å². The lowest BCUT2D eigenvalue weighted by molar-refractivity contribution is 0.0533. The van der Waals surface area contributed by atoms with Gasteiger partial charge in [-0.25, -0.2) is 0 Å². The number of rotatable bonds is 8. The molecular formula is C15H21NO4. The van der Waals surface area contributed by atoms with Crippen molar-refractivity contribution in [2.75, 3.05) is 38.0 Å². The summed E-state index contributed by atoms with van der Waals surface area (Å²) in [5.41, 5.74) is 1.000. The highest BCUT2D eigenvalue weighted by molar-refractivity contribution is 5.57. The van der Waals surface area contributed by atoms with Crippen molar-refractivity contribution in [3.63, 3.8) is 0 Å². The summed E-state index contributed by atoms with van der Waals surface area (Å²) in [7, 11) is 0. The molecule has 0 bridgehead atoms. The summed E-state index contributed by atoms with van der Waals surface area (Å²) in [6.45, 7) is 7.93. The summed E-state index contributed by atoms with van der Waals surface area (Å²) in [5.74, 6) is 1.51. The molecule has 0 saturated carbocycles. The molecule has 0 amide bonds. The predicted molar refractivity (Wildman–Crippen MR) is 77.5 cm³/mol. The molecule has 1 atom stereocenters. The van der Waals surface area contributed by atoms with E-state index in [0.29, 0.717) is 19.8 Å². The summed E-state index contributed by atoms with van der Waals surface area (Å²) < 4.78 is 15.9. The Bertz CT molecular complexity index is 449. The third kappa shape index (κ3) is 3.65. The Labute approximate surface area is 119 Å². The number of nitrogens with zero attached hydrogens (tertiary/aromatic N) is 1. The van der Waals surface area contributed by atoms with E-state index in [-0.39, 0.29) is 6.79 Å². The van der Waals surface area contributed by atoms with E-state index >= 15 is 0 Å². The van der Waals surface area contributed by atoms with Crippen LogP contribution in [0.15, 0.2) is 30.9 Å². The van der Waals surface area contributed by atoms with Gasteiger partial charge in [-0.1, -0.05) is 6.08 Å². The van der Waals surface area contributed by atoms with Crippen LogP contribution in [-0.2, 0) is 4.74 Å². The van der Waals surface area contributed by atoms with E-state index in [9.17, 15) is 5.11 Å². The summed E-state index contributed by atoms with van der Waals surface area (Å²) in [4.78, 5) is 2.07. The summed E-state index contributed by atoms with van der Waals surface area (Å²) in [6.07, 6.45) is 1.13. The number of anilines is 1. The van der Waals surface area contributed by atoms with Gasteiger partial charge in [0.2, 0.25) is 6.79 Å². The van der Waals surface area contributed by atoms with Crippen molar-refractivity contribution >= 4 is 5.69 Å². The summed E-state index contributed by atoms with van der Waals surface area (Å²) >= 11 is 0. The van der Waals surface area contributed by atoms with Gasteiger partial charge in [-0.05, 0) is 19.1 Å². The van der Waals surface area contributed by atoms with E-state index in [1.54, 1.807) is 6.08 Å². The molecule has 0 saturated heterocycles. The normalized spacial score (nSPS) is 14.1. The van der Waals surface area contributed by atoms with Crippen molar-refractivity contribution in [1.29, 1.82) is 0 Å². The average molecular weight is 279 g/mol. The predicted octanol–water partition coefficient (Wildman–Crippen LogP) is 1.81. The number of ether oxygens (including phenoxy) is 3. The smallest absolute Gasteiger partial charge is 0.231 e. The first kappa shape index (κ1) is 14.7. The zero-order chi connectivity index (χ0) is 14.4. The first-order valence-corrected chi connectivity index (χ1v) is 6.76. The topological polar surface area (TPSA) is 51.2 Å². The van der Waals surface area contributed by atoms with Crippen molar-refractivity contribution in [2.45, 2.75) is 13.0 Å². The monoisotopic (exact) mass is 279 g/mol. The SMILES string of the molecule is C=CCOCC(O)CN(CC)c1ccc2c(c1)OCO2. The Balaban J connectivity index is 1.95. The standard InChI is InChI=1S/C15H21NO4/c1-3-7-18-10-13(17)9-16(4-2)12-5-6-14-15(8-12)20-11-19-14/h3,5-6,8,13,17H,1,4,7,9-11H2,2H3. The molecule has 0 radical (unpaired) electrons. The minimum absolute atomic E-state index is 0.267. The van der Waals surface area contributed by atoms with Crippen LogP contribution in [0.3, 0.4) is 0 Å². The molecule has 5 nitrogen and oxygen atoms in total. The maximum absolute atomic E-state index is 9.98. The van der Waals surface area contributed by atoms with Gasteiger partial charge in [-0.3, -0.25) is 0 Å². The van der Waals surface area contributed by atoms with Gasteiger partial charge in [0, 0.05) is 24.8 Å². The number of hydrogen-bond acceptors (Lipinski definition) is 5. The maximum Gasteiger partial charge on any atom is 0.231 e. The van der Waals surface area contributed by atoms with Crippen LogP contribution in [0.2, 0.25) is 0 Å². The second-order valence-electron chi connectivity index (χ2n) is 4.56. The number of benzene rings is 1.